The van der Waals surface area contributed by atoms with E-state index in [0.717, 1.165) is 5.56 Å². The molecule has 0 bridgehead atoms. The first kappa shape index (κ1) is 16.3. The molecule has 2 amide bonds. The predicted octanol–water partition coefficient (Wildman–Crippen LogP) is 1.32. The maximum absolute atomic E-state index is 11.9. The van der Waals surface area contributed by atoms with Crippen LogP contribution in [0, 0.1) is 0 Å². The summed E-state index contributed by atoms with van der Waals surface area (Å²) in [5.74, 6) is -1.29. The summed E-state index contributed by atoms with van der Waals surface area (Å²) in [6.07, 6.45) is -1.19. The SMILES string of the molecule is C[C@@H](O)[C@H](NC(=O)N(C)Cc1ccccc1Cl)C(=O)O. The normalized spacial score (nSPS) is 13.4. The Kier molecular flexibility index (Phi) is 5.79. The number of rotatable bonds is 5. The molecule has 20 heavy (non-hydrogen) atoms. The molecule has 0 aliphatic rings. The Hall–Kier alpha value is -1.79. The van der Waals surface area contributed by atoms with Gasteiger partial charge in [-0.05, 0) is 18.6 Å². The smallest absolute Gasteiger partial charge is 0.328 e. The number of amides is 2. The minimum atomic E-state index is -1.35. The van der Waals surface area contributed by atoms with Crippen LogP contribution in [-0.2, 0) is 11.3 Å². The van der Waals surface area contributed by atoms with Crippen LogP contribution in [0.1, 0.15) is 12.5 Å². The zero-order chi connectivity index (χ0) is 15.3. The fourth-order valence-corrected chi connectivity index (χ4v) is 1.78. The van der Waals surface area contributed by atoms with Crippen molar-refractivity contribution in [3.63, 3.8) is 0 Å². The van der Waals surface area contributed by atoms with Gasteiger partial charge in [0, 0.05) is 18.6 Å². The molecule has 0 aromatic heterocycles. The van der Waals surface area contributed by atoms with E-state index in [4.69, 9.17) is 16.7 Å². The summed E-state index contributed by atoms with van der Waals surface area (Å²) in [6, 6.07) is 5.10. The molecule has 7 heteroatoms. The first-order chi connectivity index (χ1) is 9.32. The third kappa shape index (κ3) is 4.40. The Morgan fingerprint density at radius 1 is 1.40 bits per heavy atom. The number of aliphatic carboxylic acids is 1. The molecule has 2 atom stereocenters. The number of aliphatic hydroxyl groups excluding tert-OH is 1. The van der Waals surface area contributed by atoms with E-state index in [9.17, 15) is 14.7 Å². The first-order valence-corrected chi connectivity index (χ1v) is 6.36. The number of aliphatic hydroxyl groups is 1. The van der Waals surface area contributed by atoms with Gasteiger partial charge >= 0.3 is 12.0 Å². The molecule has 0 aliphatic heterocycles. The number of hydrogen-bond donors (Lipinski definition) is 3. The van der Waals surface area contributed by atoms with Gasteiger partial charge in [-0.25, -0.2) is 9.59 Å². The maximum Gasteiger partial charge on any atom is 0.328 e. The van der Waals surface area contributed by atoms with Crippen LogP contribution in [0.25, 0.3) is 0 Å². The van der Waals surface area contributed by atoms with E-state index in [0.29, 0.717) is 5.02 Å². The zero-order valence-corrected chi connectivity index (χ0v) is 12.0. The predicted molar refractivity (Wildman–Crippen MR) is 74.6 cm³/mol. The molecule has 0 saturated heterocycles. The number of carbonyl (C=O) groups excluding carboxylic acids is 1. The Morgan fingerprint density at radius 3 is 2.50 bits per heavy atom. The lowest BCUT2D eigenvalue weighted by Crippen LogP contribution is -2.51. The van der Waals surface area contributed by atoms with E-state index >= 15 is 0 Å². The van der Waals surface area contributed by atoms with Crippen molar-refractivity contribution in [2.24, 2.45) is 0 Å². The molecule has 1 aromatic carbocycles. The number of carboxylic acids is 1. The van der Waals surface area contributed by atoms with E-state index in [2.05, 4.69) is 5.32 Å². The molecule has 1 aromatic rings. The topological polar surface area (TPSA) is 89.9 Å². The summed E-state index contributed by atoms with van der Waals surface area (Å²) in [6.45, 7) is 1.53. The summed E-state index contributed by atoms with van der Waals surface area (Å²) in [5.41, 5.74) is 0.746. The Labute approximate surface area is 122 Å². The van der Waals surface area contributed by atoms with Crippen molar-refractivity contribution < 1.29 is 19.8 Å². The highest BCUT2D eigenvalue weighted by atomic mass is 35.5. The molecule has 110 valence electrons. The second kappa shape index (κ2) is 7.12. The van der Waals surface area contributed by atoms with Crippen LogP contribution in [0.2, 0.25) is 5.02 Å². The molecule has 0 heterocycles. The minimum Gasteiger partial charge on any atom is -0.480 e. The highest BCUT2D eigenvalue weighted by molar-refractivity contribution is 6.31. The number of urea groups is 1. The van der Waals surface area contributed by atoms with Crippen molar-refractivity contribution in [2.75, 3.05) is 7.05 Å². The number of halogens is 1. The van der Waals surface area contributed by atoms with Gasteiger partial charge in [0.1, 0.15) is 0 Å². The van der Waals surface area contributed by atoms with Crippen molar-refractivity contribution >= 4 is 23.6 Å². The van der Waals surface area contributed by atoms with Gasteiger partial charge in [-0.1, -0.05) is 29.8 Å². The number of hydrogen-bond acceptors (Lipinski definition) is 3. The molecule has 3 N–H and O–H groups in total. The average molecular weight is 301 g/mol. The zero-order valence-electron chi connectivity index (χ0n) is 11.2. The summed E-state index contributed by atoms with van der Waals surface area (Å²) in [4.78, 5) is 24.1. The Bertz CT molecular complexity index is 493. The minimum absolute atomic E-state index is 0.234. The summed E-state index contributed by atoms with van der Waals surface area (Å²) in [5, 5.41) is 21.0. The van der Waals surface area contributed by atoms with Gasteiger partial charge in [0.2, 0.25) is 0 Å². The molecular weight excluding hydrogens is 284 g/mol. The van der Waals surface area contributed by atoms with Crippen LogP contribution in [0.15, 0.2) is 24.3 Å². The van der Waals surface area contributed by atoms with Crippen LogP contribution >= 0.6 is 11.6 Å². The van der Waals surface area contributed by atoms with Gasteiger partial charge in [0.15, 0.2) is 6.04 Å². The molecule has 0 saturated carbocycles. The van der Waals surface area contributed by atoms with Gasteiger partial charge in [0.05, 0.1) is 6.10 Å². The lowest BCUT2D eigenvalue weighted by Gasteiger charge is -2.23. The Morgan fingerprint density at radius 2 is 2.00 bits per heavy atom. The molecule has 0 spiro atoms. The van der Waals surface area contributed by atoms with Crippen LogP contribution in [0.3, 0.4) is 0 Å². The third-order valence-electron chi connectivity index (χ3n) is 2.74. The van der Waals surface area contributed by atoms with Crippen LogP contribution in [-0.4, -0.2) is 46.3 Å². The average Bonchev–Trinajstić information content (AvgIpc) is 2.37. The summed E-state index contributed by atoms with van der Waals surface area (Å²) < 4.78 is 0. The fourth-order valence-electron chi connectivity index (χ4n) is 1.59. The van der Waals surface area contributed by atoms with Crippen LogP contribution in [0.5, 0.6) is 0 Å². The lowest BCUT2D eigenvalue weighted by atomic mass is 10.2. The quantitative estimate of drug-likeness (QED) is 0.765. The second-order valence-corrected chi connectivity index (χ2v) is 4.86. The summed E-state index contributed by atoms with van der Waals surface area (Å²) in [7, 11) is 1.51. The molecule has 0 unspecified atom stereocenters. The number of carbonyl (C=O) groups is 2. The van der Waals surface area contributed by atoms with E-state index in [1.807, 2.05) is 0 Å². The fraction of sp³-hybridized carbons (Fsp3) is 0.385. The number of nitrogens with zero attached hydrogens (tertiary/aromatic N) is 1. The Balaban J connectivity index is 2.68. The summed E-state index contributed by atoms with van der Waals surface area (Å²) >= 11 is 5.99. The van der Waals surface area contributed by atoms with Crippen molar-refractivity contribution in [1.82, 2.24) is 10.2 Å². The lowest BCUT2D eigenvalue weighted by molar-refractivity contribution is -0.141. The molecule has 0 aliphatic carbocycles. The molecule has 0 radical (unpaired) electrons. The maximum atomic E-state index is 11.9. The van der Waals surface area contributed by atoms with Gasteiger partial charge in [-0.2, -0.15) is 0 Å². The highest BCUT2D eigenvalue weighted by Crippen LogP contribution is 2.16. The second-order valence-electron chi connectivity index (χ2n) is 4.45. The van der Waals surface area contributed by atoms with Gasteiger partial charge < -0.3 is 20.4 Å². The number of carboxylic acid groups (broad SMARTS) is 1. The molecular formula is C13H17ClN2O4. The van der Waals surface area contributed by atoms with Crippen molar-refractivity contribution in [3.05, 3.63) is 34.9 Å². The van der Waals surface area contributed by atoms with Gasteiger partial charge in [-0.3, -0.25) is 0 Å². The molecule has 1 rings (SSSR count). The van der Waals surface area contributed by atoms with Crippen molar-refractivity contribution in [3.8, 4) is 0 Å². The monoisotopic (exact) mass is 300 g/mol. The first-order valence-electron chi connectivity index (χ1n) is 5.99. The standard InChI is InChI=1S/C13H17ClN2O4/c1-8(17)11(12(18)19)15-13(20)16(2)7-9-5-3-4-6-10(9)14/h3-6,8,11,17H,7H2,1-2H3,(H,15,20)(H,18,19)/t8-,11+/m1/s1. The van der Waals surface area contributed by atoms with Gasteiger partial charge in [-0.15, -0.1) is 0 Å². The molecule has 0 fully saturated rings. The van der Waals surface area contributed by atoms with Crippen LogP contribution < -0.4 is 5.32 Å². The van der Waals surface area contributed by atoms with E-state index in [1.54, 1.807) is 24.3 Å². The highest BCUT2D eigenvalue weighted by Gasteiger charge is 2.26. The van der Waals surface area contributed by atoms with E-state index in [1.165, 1.54) is 18.9 Å². The number of benzene rings is 1. The van der Waals surface area contributed by atoms with E-state index < -0.39 is 24.1 Å². The molecule has 6 nitrogen and oxygen atoms in total. The van der Waals surface area contributed by atoms with Crippen LogP contribution in [0.4, 0.5) is 4.79 Å². The van der Waals surface area contributed by atoms with E-state index in [-0.39, 0.29) is 6.54 Å². The van der Waals surface area contributed by atoms with Crippen molar-refractivity contribution in [1.29, 1.82) is 0 Å². The number of nitrogens with one attached hydrogen (secondary N) is 1. The largest absolute Gasteiger partial charge is 0.480 e. The van der Waals surface area contributed by atoms with Gasteiger partial charge in [0.25, 0.3) is 0 Å². The third-order valence-corrected chi connectivity index (χ3v) is 3.11. The van der Waals surface area contributed by atoms with Crippen molar-refractivity contribution in [2.45, 2.75) is 25.6 Å².